The molecule has 0 saturated carbocycles. The van der Waals surface area contributed by atoms with Crippen molar-refractivity contribution in [2.45, 2.75) is 33.4 Å². The topological polar surface area (TPSA) is 59.6 Å². The number of aryl methyl sites for hydroxylation is 1. The number of nitrogens with two attached hydrogens (primary N) is 1. The standard InChI is InChI=1S/C18H23N3O/c1-13(2)22-17-10-8-16(9-11-17)21-18(19)20-12-15-7-5-4-6-14(15)3/h4-11,13H,12H2,1-3H3,(H3,19,20,21). The van der Waals surface area contributed by atoms with Gasteiger partial charge in [0.05, 0.1) is 12.6 Å². The SMILES string of the molecule is Cc1ccccc1CN=C(N)Nc1ccc(OC(C)C)cc1. The van der Waals surface area contributed by atoms with Crippen LogP contribution in [0.15, 0.2) is 53.5 Å². The van der Waals surface area contributed by atoms with Crippen molar-refractivity contribution in [2.24, 2.45) is 10.7 Å². The van der Waals surface area contributed by atoms with Crippen LogP contribution in [-0.4, -0.2) is 12.1 Å². The van der Waals surface area contributed by atoms with E-state index in [4.69, 9.17) is 10.5 Å². The van der Waals surface area contributed by atoms with Crippen LogP contribution in [0.1, 0.15) is 25.0 Å². The van der Waals surface area contributed by atoms with E-state index in [0.717, 1.165) is 11.4 Å². The third-order valence-corrected chi connectivity index (χ3v) is 3.18. The van der Waals surface area contributed by atoms with Gasteiger partial charge in [-0.2, -0.15) is 0 Å². The number of benzene rings is 2. The van der Waals surface area contributed by atoms with Crippen LogP contribution in [0, 0.1) is 6.92 Å². The quantitative estimate of drug-likeness (QED) is 0.653. The van der Waals surface area contributed by atoms with E-state index in [2.05, 4.69) is 29.4 Å². The van der Waals surface area contributed by atoms with Crippen LogP contribution >= 0.6 is 0 Å². The molecule has 0 aromatic heterocycles. The maximum atomic E-state index is 5.93. The van der Waals surface area contributed by atoms with Gasteiger partial charge in [-0.1, -0.05) is 24.3 Å². The van der Waals surface area contributed by atoms with Crippen molar-refractivity contribution < 1.29 is 4.74 Å². The predicted octanol–water partition coefficient (Wildman–Crippen LogP) is 3.71. The molecule has 0 amide bonds. The van der Waals surface area contributed by atoms with Crippen LogP contribution in [0.2, 0.25) is 0 Å². The minimum atomic E-state index is 0.166. The lowest BCUT2D eigenvalue weighted by molar-refractivity contribution is 0.242. The third kappa shape index (κ3) is 4.81. The molecule has 0 saturated heterocycles. The second-order valence-electron chi connectivity index (χ2n) is 5.44. The molecule has 0 aliphatic carbocycles. The van der Waals surface area contributed by atoms with Crippen molar-refractivity contribution in [3.05, 3.63) is 59.7 Å². The van der Waals surface area contributed by atoms with Crippen LogP contribution in [-0.2, 0) is 6.54 Å². The highest BCUT2D eigenvalue weighted by Gasteiger charge is 2.00. The second kappa shape index (κ2) is 7.50. The van der Waals surface area contributed by atoms with Gasteiger partial charge in [0.1, 0.15) is 5.75 Å². The summed E-state index contributed by atoms with van der Waals surface area (Å²) in [5.41, 5.74) is 9.21. The Morgan fingerprint density at radius 3 is 2.45 bits per heavy atom. The number of hydrogen-bond acceptors (Lipinski definition) is 2. The van der Waals surface area contributed by atoms with Gasteiger partial charge < -0.3 is 15.8 Å². The number of nitrogens with zero attached hydrogens (tertiary/aromatic N) is 1. The van der Waals surface area contributed by atoms with Crippen LogP contribution in [0.5, 0.6) is 5.75 Å². The predicted molar refractivity (Wildman–Crippen MR) is 92.3 cm³/mol. The molecule has 2 aromatic carbocycles. The zero-order valence-corrected chi connectivity index (χ0v) is 13.3. The highest BCUT2D eigenvalue weighted by atomic mass is 16.5. The first-order valence-corrected chi connectivity index (χ1v) is 7.43. The first-order valence-electron chi connectivity index (χ1n) is 7.43. The summed E-state index contributed by atoms with van der Waals surface area (Å²) in [7, 11) is 0. The highest BCUT2D eigenvalue weighted by molar-refractivity contribution is 5.92. The maximum Gasteiger partial charge on any atom is 0.193 e. The first-order chi connectivity index (χ1) is 10.5. The summed E-state index contributed by atoms with van der Waals surface area (Å²) in [6, 6.07) is 15.8. The maximum absolute atomic E-state index is 5.93. The summed E-state index contributed by atoms with van der Waals surface area (Å²) < 4.78 is 5.60. The summed E-state index contributed by atoms with van der Waals surface area (Å²) in [6.45, 7) is 6.65. The van der Waals surface area contributed by atoms with Crippen molar-refractivity contribution in [1.29, 1.82) is 0 Å². The Bertz CT molecular complexity index is 633. The molecule has 2 rings (SSSR count). The van der Waals surface area contributed by atoms with Crippen LogP contribution < -0.4 is 15.8 Å². The van der Waals surface area contributed by atoms with Gasteiger partial charge in [0.2, 0.25) is 0 Å². The molecule has 0 atom stereocenters. The van der Waals surface area contributed by atoms with Gasteiger partial charge in [-0.05, 0) is 56.2 Å². The molecule has 0 aliphatic heterocycles. The zero-order chi connectivity index (χ0) is 15.9. The molecule has 4 nitrogen and oxygen atoms in total. The van der Waals surface area contributed by atoms with Crippen molar-refractivity contribution in [1.82, 2.24) is 0 Å². The lowest BCUT2D eigenvalue weighted by Crippen LogP contribution is -2.22. The van der Waals surface area contributed by atoms with Gasteiger partial charge in [-0.15, -0.1) is 0 Å². The van der Waals surface area contributed by atoms with Gasteiger partial charge in [-0.3, -0.25) is 0 Å². The van der Waals surface area contributed by atoms with E-state index >= 15 is 0 Å². The van der Waals surface area contributed by atoms with Gasteiger partial charge in [0.15, 0.2) is 5.96 Å². The summed E-state index contributed by atoms with van der Waals surface area (Å²) in [5, 5.41) is 3.08. The van der Waals surface area contributed by atoms with E-state index in [1.165, 1.54) is 11.1 Å². The zero-order valence-electron chi connectivity index (χ0n) is 13.3. The van der Waals surface area contributed by atoms with E-state index in [0.29, 0.717) is 12.5 Å². The van der Waals surface area contributed by atoms with Crippen LogP contribution in [0.25, 0.3) is 0 Å². The smallest absolute Gasteiger partial charge is 0.193 e. The molecule has 0 radical (unpaired) electrons. The fourth-order valence-electron chi connectivity index (χ4n) is 2.03. The Hall–Kier alpha value is -2.49. The molecular formula is C18H23N3O. The number of anilines is 1. The summed E-state index contributed by atoms with van der Waals surface area (Å²) in [5.74, 6) is 1.25. The molecule has 0 spiro atoms. The second-order valence-corrected chi connectivity index (χ2v) is 5.44. The molecule has 0 heterocycles. The van der Waals surface area contributed by atoms with Crippen molar-refractivity contribution in [3.8, 4) is 5.75 Å². The molecule has 4 heteroatoms. The Morgan fingerprint density at radius 1 is 1.14 bits per heavy atom. The summed E-state index contributed by atoms with van der Waals surface area (Å²) >= 11 is 0. The normalized spacial score (nSPS) is 11.5. The number of guanidine groups is 1. The number of hydrogen-bond donors (Lipinski definition) is 2. The molecule has 116 valence electrons. The van der Waals surface area contributed by atoms with E-state index in [1.807, 2.05) is 50.2 Å². The minimum Gasteiger partial charge on any atom is -0.491 e. The monoisotopic (exact) mass is 297 g/mol. The highest BCUT2D eigenvalue weighted by Crippen LogP contribution is 2.16. The number of rotatable bonds is 5. The largest absolute Gasteiger partial charge is 0.491 e. The van der Waals surface area contributed by atoms with Crippen molar-refractivity contribution >= 4 is 11.6 Å². The van der Waals surface area contributed by atoms with Gasteiger partial charge in [0, 0.05) is 5.69 Å². The molecule has 0 bridgehead atoms. The lowest BCUT2D eigenvalue weighted by Gasteiger charge is -2.11. The van der Waals surface area contributed by atoms with E-state index < -0.39 is 0 Å². The van der Waals surface area contributed by atoms with Gasteiger partial charge in [-0.25, -0.2) is 4.99 Å². The van der Waals surface area contributed by atoms with Gasteiger partial charge >= 0.3 is 0 Å². The van der Waals surface area contributed by atoms with E-state index in [9.17, 15) is 0 Å². The fraction of sp³-hybridized carbons (Fsp3) is 0.278. The number of aliphatic imine (C=N–C) groups is 1. The van der Waals surface area contributed by atoms with E-state index in [1.54, 1.807) is 0 Å². The molecular weight excluding hydrogens is 274 g/mol. The van der Waals surface area contributed by atoms with Crippen LogP contribution in [0.3, 0.4) is 0 Å². The van der Waals surface area contributed by atoms with Gasteiger partial charge in [0.25, 0.3) is 0 Å². The average Bonchev–Trinajstić information content (AvgIpc) is 2.48. The Labute approximate surface area is 132 Å². The molecule has 0 unspecified atom stereocenters. The van der Waals surface area contributed by atoms with E-state index in [-0.39, 0.29) is 6.10 Å². The summed E-state index contributed by atoms with van der Waals surface area (Å²) in [4.78, 5) is 4.37. The molecule has 3 N–H and O–H groups in total. The van der Waals surface area contributed by atoms with Crippen molar-refractivity contribution in [2.75, 3.05) is 5.32 Å². The fourth-order valence-corrected chi connectivity index (χ4v) is 2.03. The number of ether oxygens (including phenoxy) is 1. The first kappa shape index (κ1) is 15.9. The molecule has 0 fully saturated rings. The number of nitrogens with one attached hydrogen (secondary N) is 1. The minimum absolute atomic E-state index is 0.166. The average molecular weight is 297 g/mol. The molecule has 2 aromatic rings. The third-order valence-electron chi connectivity index (χ3n) is 3.18. The van der Waals surface area contributed by atoms with Crippen LogP contribution in [0.4, 0.5) is 5.69 Å². The molecule has 0 aliphatic rings. The Kier molecular flexibility index (Phi) is 5.42. The molecule has 22 heavy (non-hydrogen) atoms. The lowest BCUT2D eigenvalue weighted by atomic mass is 10.1. The Balaban J connectivity index is 1.95. The summed E-state index contributed by atoms with van der Waals surface area (Å²) in [6.07, 6.45) is 0.166. The van der Waals surface area contributed by atoms with Crippen molar-refractivity contribution in [3.63, 3.8) is 0 Å². The Morgan fingerprint density at radius 2 is 1.82 bits per heavy atom.